The van der Waals surface area contributed by atoms with Crippen LogP contribution in [-0.2, 0) is 6.42 Å². The number of hydrogen-bond acceptors (Lipinski definition) is 2. The van der Waals surface area contributed by atoms with Crippen molar-refractivity contribution in [2.45, 2.75) is 6.42 Å². The second kappa shape index (κ2) is 5.02. The van der Waals surface area contributed by atoms with Gasteiger partial charge < -0.3 is 5.11 Å². The summed E-state index contributed by atoms with van der Waals surface area (Å²) in [5.41, 5.74) is 0.465. The highest BCUT2D eigenvalue weighted by atomic mass is 19.1. The number of rotatable bonds is 4. The molecule has 0 unspecified atom stereocenters. The molecule has 1 N–H and O–H groups in total. The first-order chi connectivity index (χ1) is 6.63. The Morgan fingerprint density at radius 3 is 2.64 bits per heavy atom. The summed E-state index contributed by atoms with van der Waals surface area (Å²) < 4.78 is 25.6. The molecular formula is C10H13F2NO. The molecule has 0 aromatic heterocycles. The van der Waals surface area contributed by atoms with Crippen LogP contribution in [0.3, 0.4) is 0 Å². The molecule has 0 aliphatic heterocycles. The molecule has 0 amide bonds. The molecule has 0 saturated heterocycles. The van der Waals surface area contributed by atoms with Crippen LogP contribution < -0.4 is 0 Å². The van der Waals surface area contributed by atoms with Gasteiger partial charge >= 0.3 is 0 Å². The second-order valence-corrected chi connectivity index (χ2v) is 3.21. The number of hydrogen-bond donors (Lipinski definition) is 1. The van der Waals surface area contributed by atoms with E-state index in [0.717, 1.165) is 6.07 Å². The van der Waals surface area contributed by atoms with Crippen LogP contribution in [0.4, 0.5) is 8.78 Å². The van der Waals surface area contributed by atoms with Gasteiger partial charge in [0.1, 0.15) is 11.6 Å². The number of benzene rings is 1. The molecule has 0 bridgehead atoms. The number of aliphatic hydroxyl groups is 1. The molecule has 0 spiro atoms. The van der Waals surface area contributed by atoms with Gasteiger partial charge in [-0.15, -0.1) is 0 Å². The highest BCUT2D eigenvalue weighted by Crippen LogP contribution is 2.10. The minimum Gasteiger partial charge on any atom is -0.381 e. The van der Waals surface area contributed by atoms with Crippen LogP contribution in [0.25, 0.3) is 0 Å². The van der Waals surface area contributed by atoms with Crippen LogP contribution in [0.2, 0.25) is 0 Å². The first-order valence-electron chi connectivity index (χ1n) is 4.37. The number of nitrogens with zero attached hydrogens (tertiary/aromatic N) is 1. The van der Waals surface area contributed by atoms with Gasteiger partial charge in [0.15, 0.2) is 0 Å². The molecule has 0 aliphatic rings. The lowest BCUT2D eigenvalue weighted by Gasteiger charge is -2.12. The minimum atomic E-state index is -0.568. The predicted molar refractivity (Wildman–Crippen MR) is 49.8 cm³/mol. The van der Waals surface area contributed by atoms with Gasteiger partial charge in [0.2, 0.25) is 0 Å². The van der Waals surface area contributed by atoms with Crippen molar-refractivity contribution >= 4 is 0 Å². The Morgan fingerprint density at radius 2 is 2.07 bits per heavy atom. The van der Waals surface area contributed by atoms with E-state index in [9.17, 15) is 8.78 Å². The molecule has 78 valence electrons. The molecule has 0 fully saturated rings. The molecule has 0 radical (unpaired) electrons. The van der Waals surface area contributed by atoms with E-state index >= 15 is 0 Å². The molecule has 0 heterocycles. The number of aliphatic hydroxyl groups excluding tert-OH is 1. The van der Waals surface area contributed by atoms with E-state index in [1.165, 1.54) is 12.1 Å². The highest BCUT2D eigenvalue weighted by Gasteiger charge is 2.04. The van der Waals surface area contributed by atoms with Gasteiger partial charge in [0.05, 0.1) is 6.73 Å². The molecule has 0 atom stereocenters. The summed E-state index contributed by atoms with van der Waals surface area (Å²) in [6.07, 6.45) is 0.461. The average molecular weight is 201 g/mol. The quantitative estimate of drug-likeness (QED) is 0.744. The minimum absolute atomic E-state index is 0.0667. The van der Waals surface area contributed by atoms with E-state index < -0.39 is 11.6 Å². The molecule has 4 heteroatoms. The smallest absolute Gasteiger partial charge is 0.129 e. The van der Waals surface area contributed by atoms with Crippen molar-refractivity contribution in [3.8, 4) is 0 Å². The summed E-state index contributed by atoms with van der Waals surface area (Å²) >= 11 is 0. The van der Waals surface area contributed by atoms with Crippen LogP contribution in [0.5, 0.6) is 0 Å². The van der Waals surface area contributed by atoms with Crippen molar-refractivity contribution in [1.29, 1.82) is 0 Å². The third kappa shape index (κ3) is 3.05. The Balaban J connectivity index is 2.59. The lowest BCUT2D eigenvalue weighted by molar-refractivity contribution is 0.134. The van der Waals surface area contributed by atoms with Crippen LogP contribution in [0.15, 0.2) is 18.2 Å². The van der Waals surface area contributed by atoms with E-state index in [1.807, 2.05) is 0 Å². The van der Waals surface area contributed by atoms with Gasteiger partial charge in [-0.2, -0.15) is 0 Å². The Kier molecular flexibility index (Phi) is 3.98. The van der Waals surface area contributed by atoms with Crippen molar-refractivity contribution in [2.75, 3.05) is 20.3 Å². The van der Waals surface area contributed by atoms with Gasteiger partial charge in [-0.3, -0.25) is 4.90 Å². The fourth-order valence-corrected chi connectivity index (χ4v) is 1.11. The fourth-order valence-electron chi connectivity index (χ4n) is 1.11. The van der Waals surface area contributed by atoms with E-state index in [0.29, 0.717) is 18.5 Å². The normalized spacial score (nSPS) is 10.9. The summed E-state index contributed by atoms with van der Waals surface area (Å²) in [7, 11) is 1.72. The van der Waals surface area contributed by atoms with Crippen LogP contribution in [0.1, 0.15) is 5.56 Å². The van der Waals surface area contributed by atoms with Gasteiger partial charge in [0, 0.05) is 12.6 Å². The van der Waals surface area contributed by atoms with Gasteiger partial charge in [-0.1, -0.05) is 6.07 Å². The summed E-state index contributed by atoms with van der Waals surface area (Å²) in [6, 6.07) is 3.53. The first kappa shape index (κ1) is 11.1. The largest absolute Gasteiger partial charge is 0.381 e. The summed E-state index contributed by atoms with van der Waals surface area (Å²) in [4.78, 5) is 1.64. The zero-order valence-electron chi connectivity index (χ0n) is 8.00. The Bertz CT molecular complexity index is 304. The van der Waals surface area contributed by atoms with Gasteiger partial charge in [-0.05, 0) is 25.1 Å². The van der Waals surface area contributed by atoms with Crippen molar-refractivity contribution in [3.05, 3.63) is 35.4 Å². The van der Waals surface area contributed by atoms with Crippen molar-refractivity contribution in [2.24, 2.45) is 0 Å². The Morgan fingerprint density at radius 1 is 1.36 bits per heavy atom. The Labute approximate surface area is 81.8 Å². The van der Waals surface area contributed by atoms with Crippen LogP contribution in [-0.4, -0.2) is 30.3 Å². The molecule has 0 aliphatic carbocycles. The maximum atomic E-state index is 13.1. The zero-order valence-corrected chi connectivity index (χ0v) is 8.00. The first-order valence-corrected chi connectivity index (χ1v) is 4.37. The Hall–Kier alpha value is -1.00. The molecule has 0 saturated carbocycles. The van der Waals surface area contributed by atoms with Crippen molar-refractivity contribution in [3.63, 3.8) is 0 Å². The standard InChI is InChI=1S/C10H13F2NO/c1-13(7-14)5-4-8-2-3-9(11)6-10(8)12/h2-3,6,14H,4-5,7H2,1H3. The summed E-state index contributed by atoms with van der Waals surface area (Å²) in [5, 5.41) is 8.70. The molecule has 14 heavy (non-hydrogen) atoms. The highest BCUT2D eigenvalue weighted by molar-refractivity contribution is 5.18. The van der Waals surface area contributed by atoms with E-state index in [-0.39, 0.29) is 6.73 Å². The zero-order chi connectivity index (χ0) is 10.6. The SMILES string of the molecule is CN(CO)CCc1ccc(F)cc1F. The predicted octanol–water partition coefficient (Wildman–Crippen LogP) is 1.39. The molecule has 1 aromatic rings. The fraction of sp³-hybridized carbons (Fsp3) is 0.400. The van der Waals surface area contributed by atoms with Gasteiger partial charge in [0.25, 0.3) is 0 Å². The number of likely N-dealkylation sites (N-methyl/N-ethyl adjacent to an activating group) is 1. The topological polar surface area (TPSA) is 23.5 Å². The lowest BCUT2D eigenvalue weighted by atomic mass is 10.1. The third-order valence-electron chi connectivity index (χ3n) is 2.02. The third-order valence-corrected chi connectivity index (χ3v) is 2.02. The summed E-state index contributed by atoms with van der Waals surface area (Å²) in [6.45, 7) is 0.474. The van der Waals surface area contributed by atoms with E-state index in [2.05, 4.69) is 0 Å². The van der Waals surface area contributed by atoms with Crippen LogP contribution in [0, 0.1) is 11.6 Å². The second-order valence-electron chi connectivity index (χ2n) is 3.21. The summed E-state index contributed by atoms with van der Waals surface area (Å²) in [5.74, 6) is -1.10. The molecule has 2 nitrogen and oxygen atoms in total. The molecule has 1 aromatic carbocycles. The molecule has 1 rings (SSSR count). The lowest BCUT2D eigenvalue weighted by Crippen LogP contribution is -2.22. The van der Waals surface area contributed by atoms with Gasteiger partial charge in [-0.25, -0.2) is 8.78 Å². The van der Waals surface area contributed by atoms with Crippen molar-refractivity contribution < 1.29 is 13.9 Å². The monoisotopic (exact) mass is 201 g/mol. The maximum absolute atomic E-state index is 13.1. The van der Waals surface area contributed by atoms with E-state index in [4.69, 9.17) is 5.11 Å². The number of halogens is 2. The van der Waals surface area contributed by atoms with E-state index in [1.54, 1.807) is 11.9 Å². The molecular weight excluding hydrogens is 188 g/mol. The maximum Gasteiger partial charge on any atom is 0.129 e. The van der Waals surface area contributed by atoms with Crippen LogP contribution >= 0.6 is 0 Å². The van der Waals surface area contributed by atoms with Crippen molar-refractivity contribution in [1.82, 2.24) is 4.90 Å². The average Bonchev–Trinajstić information content (AvgIpc) is 2.16.